The van der Waals surface area contributed by atoms with E-state index in [1.165, 1.54) is 18.7 Å². The molecule has 2 heterocycles. The molecule has 1 aliphatic heterocycles. The molecule has 0 bridgehead atoms. The first kappa shape index (κ1) is 24.9. The Balaban J connectivity index is 1.80. The van der Waals surface area contributed by atoms with E-state index in [1.807, 2.05) is 6.92 Å². The van der Waals surface area contributed by atoms with Crippen molar-refractivity contribution in [3.05, 3.63) is 15.3 Å². The summed E-state index contributed by atoms with van der Waals surface area (Å²) in [6.45, 7) is 7.24. The monoisotopic (exact) mass is 490 g/mol. The Morgan fingerprint density at radius 3 is 2.72 bits per heavy atom. The second-order valence-electron chi connectivity index (χ2n) is 7.90. The van der Waals surface area contributed by atoms with Crippen molar-refractivity contribution in [3.63, 3.8) is 0 Å². The zero-order valence-corrected chi connectivity index (χ0v) is 19.9. The maximum atomic E-state index is 11.6. The Morgan fingerprint density at radius 2 is 2.06 bits per heavy atom. The minimum absolute atomic E-state index is 0.0335. The third-order valence-electron chi connectivity index (χ3n) is 4.89. The molecule has 1 N–H and O–H groups in total. The number of ether oxygens (including phenoxy) is 4. The summed E-state index contributed by atoms with van der Waals surface area (Å²) in [6.07, 6.45) is 0.153. The molecule has 1 aromatic rings. The molecule has 32 heavy (non-hydrogen) atoms. The summed E-state index contributed by atoms with van der Waals surface area (Å²) in [4.78, 5) is 30.4. The van der Waals surface area contributed by atoms with Crippen LogP contribution in [-0.2, 0) is 23.7 Å². The van der Waals surface area contributed by atoms with Crippen LogP contribution in [0.2, 0.25) is 5.15 Å². The first-order valence-corrected chi connectivity index (χ1v) is 11.7. The first-order valence-electron chi connectivity index (χ1n) is 10.3. The molecule has 2 aliphatic rings. The number of rotatable bonds is 10. The average Bonchev–Trinajstić information content (AvgIpc) is 3.16. The lowest BCUT2D eigenvalue weighted by Crippen LogP contribution is -2.35. The SMILES string of the molecule is CCCSc1nc(Cl)c([N+](=O)[O-])c(N[C@@H]2C[C@H](OCCOC(C)=O)[C@H]3OC(C)(C)O[C@H]32)n1. The summed E-state index contributed by atoms with van der Waals surface area (Å²) in [5, 5.41) is 14.9. The van der Waals surface area contributed by atoms with Gasteiger partial charge in [0.1, 0.15) is 18.8 Å². The standard InChI is InChI=1S/C19H27ClN4O7S/c1-5-8-32-18-22-16(20)13(24(26)27)17(23-18)21-11-9-12(29-7-6-28-10(2)25)15-14(11)30-19(3,4)31-15/h11-12,14-15H,5-9H2,1-4H3,(H,21,22,23)/t11-,12+,14+,15-/m1/s1. The molecule has 0 spiro atoms. The van der Waals surface area contributed by atoms with Crippen LogP contribution in [0.15, 0.2) is 5.16 Å². The number of thioether (sulfide) groups is 1. The third-order valence-corrected chi connectivity index (χ3v) is 6.21. The van der Waals surface area contributed by atoms with E-state index in [1.54, 1.807) is 13.8 Å². The molecule has 0 unspecified atom stereocenters. The molecule has 4 atom stereocenters. The molecule has 0 radical (unpaired) electrons. The summed E-state index contributed by atoms with van der Waals surface area (Å²) in [6, 6.07) is -0.380. The first-order chi connectivity index (χ1) is 15.1. The number of hydrogen-bond acceptors (Lipinski definition) is 11. The van der Waals surface area contributed by atoms with Crippen molar-refractivity contribution < 1.29 is 28.7 Å². The number of carbonyl (C=O) groups is 1. The number of hydrogen-bond donors (Lipinski definition) is 1. The van der Waals surface area contributed by atoms with Crippen LogP contribution in [0.1, 0.15) is 40.5 Å². The zero-order chi connectivity index (χ0) is 23.5. The van der Waals surface area contributed by atoms with Crippen molar-refractivity contribution in [2.75, 3.05) is 24.3 Å². The lowest BCUT2D eigenvalue weighted by Gasteiger charge is -2.24. The number of aromatic nitrogens is 2. The lowest BCUT2D eigenvalue weighted by molar-refractivity contribution is -0.384. The van der Waals surface area contributed by atoms with E-state index in [0.29, 0.717) is 11.6 Å². The van der Waals surface area contributed by atoms with Gasteiger partial charge in [0.2, 0.25) is 11.0 Å². The van der Waals surface area contributed by atoms with Gasteiger partial charge < -0.3 is 24.3 Å². The predicted molar refractivity (Wildman–Crippen MR) is 117 cm³/mol. The van der Waals surface area contributed by atoms with Crippen molar-refractivity contribution in [3.8, 4) is 0 Å². The Kier molecular flexibility index (Phi) is 8.15. The van der Waals surface area contributed by atoms with Gasteiger partial charge >= 0.3 is 11.7 Å². The quantitative estimate of drug-likeness (QED) is 0.0984. The van der Waals surface area contributed by atoms with Crippen LogP contribution in [0.5, 0.6) is 0 Å². The minimum Gasteiger partial charge on any atom is -0.463 e. The highest BCUT2D eigenvalue weighted by molar-refractivity contribution is 7.99. The normalized spacial score (nSPS) is 26.0. The lowest BCUT2D eigenvalue weighted by atomic mass is 10.2. The smallest absolute Gasteiger partial charge is 0.348 e. The van der Waals surface area contributed by atoms with Crippen molar-refractivity contribution in [2.24, 2.45) is 0 Å². The molecule has 0 aromatic carbocycles. The minimum atomic E-state index is -0.843. The van der Waals surface area contributed by atoms with Crippen LogP contribution < -0.4 is 5.32 Å². The van der Waals surface area contributed by atoms with Gasteiger partial charge in [0, 0.05) is 12.7 Å². The summed E-state index contributed by atoms with van der Waals surface area (Å²) in [7, 11) is 0. The molecular formula is C19H27ClN4O7S. The second-order valence-corrected chi connectivity index (χ2v) is 9.32. The number of fused-ring (bicyclic) bond motifs is 1. The summed E-state index contributed by atoms with van der Waals surface area (Å²) < 4.78 is 22.9. The summed E-state index contributed by atoms with van der Waals surface area (Å²) in [5.74, 6) is -0.440. The molecule has 11 nitrogen and oxygen atoms in total. The zero-order valence-electron chi connectivity index (χ0n) is 18.3. The van der Waals surface area contributed by atoms with Crippen molar-refractivity contribution in [2.45, 2.75) is 75.8 Å². The fourth-order valence-electron chi connectivity index (χ4n) is 3.73. The molecule has 1 saturated carbocycles. The number of nitrogens with one attached hydrogen (secondary N) is 1. The van der Waals surface area contributed by atoms with Crippen LogP contribution in [0, 0.1) is 10.1 Å². The average molecular weight is 491 g/mol. The van der Waals surface area contributed by atoms with E-state index in [2.05, 4.69) is 15.3 Å². The van der Waals surface area contributed by atoms with E-state index >= 15 is 0 Å². The van der Waals surface area contributed by atoms with Crippen LogP contribution in [0.4, 0.5) is 11.5 Å². The Bertz CT molecular complexity index is 859. The van der Waals surface area contributed by atoms with E-state index in [-0.39, 0.29) is 48.0 Å². The largest absolute Gasteiger partial charge is 0.463 e. The Morgan fingerprint density at radius 1 is 1.34 bits per heavy atom. The highest BCUT2D eigenvalue weighted by atomic mass is 35.5. The molecule has 1 saturated heterocycles. The maximum Gasteiger partial charge on any atom is 0.348 e. The van der Waals surface area contributed by atoms with Crippen LogP contribution in [0.25, 0.3) is 0 Å². The van der Waals surface area contributed by atoms with Gasteiger partial charge in [-0.3, -0.25) is 14.9 Å². The number of nitro groups is 1. The number of nitrogens with zero attached hydrogens (tertiary/aromatic N) is 3. The van der Waals surface area contributed by atoms with Gasteiger partial charge in [-0.2, -0.15) is 4.98 Å². The van der Waals surface area contributed by atoms with Crippen molar-refractivity contribution in [1.29, 1.82) is 0 Å². The van der Waals surface area contributed by atoms with Crippen molar-refractivity contribution >= 4 is 40.8 Å². The number of carbonyl (C=O) groups excluding carboxylic acids is 1. The molecule has 1 aliphatic carbocycles. The fourth-order valence-corrected chi connectivity index (χ4v) is 4.71. The van der Waals surface area contributed by atoms with Gasteiger partial charge in [-0.05, 0) is 26.7 Å². The number of halogens is 1. The Hall–Kier alpha value is -1.73. The van der Waals surface area contributed by atoms with Crippen molar-refractivity contribution in [1.82, 2.24) is 9.97 Å². The van der Waals surface area contributed by atoms with Gasteiger partial charge in [0.25, 0.3) is 0 Å². The number of esters is 1. The predicted octanol–water partition coefficient (Wildman–Crippen LogP) is 3.19. The molecule has 1 aromatic heterocycles. The van der Waals surface area contributed by atoms with Gasteiger partial charge in [0.15, 0.2) is 10.9 Å². The van der Waals surface area contributed by atoms with Crippen LogP contribution in [0.3, 0.4) is 0 Å². The Labute approximate surface area is 195 Å². The third kappa shape index (κ3) is 5.98. The van der Waals surface area contributed by atoms with Crippen LogP contribution >= 0.6 is 23.4 Å². The van der Waals surface area contributed by atoms with Crippen LogP contribution in [-0.4, -0.2) is 70.0 Å². The molecule has 0 amide bonds. The van der Waals surface area contributed by atoms with Gasteiger partial charge in [-0.15, -0.1) is 0 Å². The molecule has 178 valence electrons. The van der Waals surface area contributed by atoms with E-state index in [9.17, 15) is 14.9 Å². The van der Waals surface area contributed by atoms with E-state index < -0.39 is 22.9 Å². The highest BCUT2D eigenvalue weighted by Gasteiger charge is 2.55. The summed E-state index contributed by atoms with van der Waals surface area (Å²) in [5.41, 5.74) is -0.388. The van der Waals surface area contributed by atoms with Gasteiger partial charge in [0.05, 0.1) is 23.7 Å². The number of anilines is 1. The van der Waals surface area contributed by atoms with Gasteiger partial charge in [-0.1, -0.05) is 30.3 Å². The topological polar surface area (TPSA) is 135 Å². The fraction of sp³-hybridized carbons (Fsp3) is 0.737. The van der Waals surface area contributed by atoms with E-state index in [0.717, 1.165) is 12.2 Å². The van der Waals surface area contributed by atoms with Gasteiger partial charge in [-0.25, -0.2) is 4.98 Å². The maximum absolute atomic E-state index is 11.6. The molecule has 2 fully saturated rings. The molecular weight excluding hydrogens is 464 g/mol. The molecule has 3 rings (SSSR count). The van der Waals surface area contributed by atoms with E-state index in [4.69, 9.17) is 30.5 Å². The molecule has 13 heteroatoms. The summed E-state index contributed by atoms with van der Waals surface area (Å²) >= 11 is 7.49. The highest BCUT2D eigenvalue weighted by Crippen LogP contribution is 2.42. The second kappa shape index (κ2) is 10.5.